The van der Waals surface area contributed by atoms with Crippen LogP contribution in [0.1, 0.15) is 5.56 Å². The standard InChI is InChI=1S/C18H18FN3O2/c1-13-7-8-14(11-16(13)19)20-17(23)12-21-9-10-22(18(21)24)15-5-3-2-4-6-15/h2-8,11H,9-10,12H2,1H3,(H,20,23). The maximum Gasteiger partial charge on any atom is 0.325 e. The molecule has 1 aliphatic heterocycles. The lowest BCUT2D eigenvalue weighted by Crippen LogP contribution is -2.37. The van der Waals surface area contributed by atoms with Crippen molar-refractivity contribution in [3.63, 3.8) is 0 Å². The molecule has 0 aliphatic carbocycles. The van der Waals surface area contributed by atoms with Crippen molar-refractivity contribution in [3.05, 3.63) is 59.9 Å². The fourth-order valence-corrected chi connectivity index (χ4v) is 2.62. The molecule has 2 aromatic carbocycles. The van der Waals surface area contributed by atoms with E-state index in [0.29, 0.717) is 24.3 Å². The molecule has 1 aliphatic rings. The van der Waals surface area contributed by atoms with Crippen molar-refractivity contribution in [1.82, 2.24) is 4.90 Å². The number of benzene rings is 2. The van der Waals surface area contributed by atoms with Gasteiger partial charge in [-0.1, -0.05) is 24.3 Å². The van der Waals surface area contributed by atoms with E-state index in [4.69, 9.17) is 0 Å². The van der Waals surface area contributed by atoms with E-state index in [-0.39, 0.29) is 24.3 Å². The van der Waals surface area contributed by atoms with Crippen molar-refractivity contribution in [3.8, 4) is 0 Å². The molecular weight excluding hydrogens is 309 g/mol. The third-order valence-corrected chi connectivity index (χ3v) is 3.95. The van der Waals surface area contributed by atoms with Crippen LogP contribution in [0.25, 0.3) is 0 Å². The highest BCUT2D eigenvalue weighted by Crippen LogP contribution is 2.20. The Morgan fingerprint density at radius 3 is 2.62 bits per heavy atom. The van der Waals surface area contributed by atoms with Crippen molar-refractivity contribution >= 4 is 23.3 Å². The summed E-state index contributed by atoms with van der Waals surface area (Å²) in [6.07, 6.45) is 0. The summed E-state index contributed by atoms with van der Waals surface area (Å²) in [6.45, 7) is 2.61. The van der Waals surface area contributed by atoms with Gasteiger partial charge >= 0.3 is 6.03 Å². The van der Waals surface area contributed by atoms with Gasteiger partial charge in [0.1, 0.15) is 12.4 Å². The van der Waals surface area contributed by atoms with Crippen LogP contribution in [0.4, 0.5) is 20.6 Å². The largest absolute Gasteiger partial charge is 0.325 e. The third kappa shape index (κ3) is 3.37. The molecule has 6 heteroatoms. The molecule has 1 fully saturated rings. The van der Waals surface area contributed by atoms with E-state index in [9.17, 15) is 14.0 Å². The summed E-state index contributed by atoms with van der Waals surface area (Å²) in [5.74, 6) is -0.721. The Bertz CT molecular complexity index is 764. The smallest absolute Gasteiger partial charge is 0.324 e. The minimum absolute atomic E-state index is 0.0579. The number of hydrogen-bond acceptors (Lipinski definition) is 2. The number of hydrogen-bond donors (Lipinski definition) is 1. The predicted octanol–water partition coefficient (Wildman–Crippen LogP) is 3.01. The van der Waals surface area contributed by atoms with E-state index in [1.54, 1.807) is 24.0 Å². The van der Waals surface area contributed by atoms with Gasteiger partial charge in [-0.15, -0.1) is 0 Å². The number of para-hydroxylation sites is 1. The Morgan fingerprint density at radius 2 is 1.92 bits per heavy atom. The molecule has 0 radical (unpaired) electrons. The summed E-state index contributed by atoms with van der Waals surface area (Å²) in [4.78, 5) is 27.6. The second-order valence-corrected chi connectivity index (χ2v) is 5.70. The Morgan fingerprint density at radius 1 is 1.17 bits per heavy atom. The van der Waals surface area contributed by atoms with Crippen LogP contribution < -0.4 is 10.2 Å². The molecule has 1 heterocycles. The average molecular weight is 327 g/mol. The van der Waals surface area contributed by atoms with Crippen LogP contribution in [0.15, 0.2) is 48.5 Å². The van der Waals surface area contributed by atoms with Crippen LogP contribution in [0.5, 0.6) is 0 Å². The van der Waals surface area contributed by atoms with Crippen molar-refractivity contribution in [1.29, 1.82) is 0 Å². The van der Waals surface area contributed by atoms with E-state index < -0.39 is 0 Å². The summed E-state index contributed by atoms with van der Waals surface area (Å²) in [5.41, 5.74) is 1.71. The van der Waals surface area contributed by atoms with E-state index in [0.717, 1.165) is 5.69 Å². The Balaban J connectivity index is 1.61. The molecule has 1 saturated heterocycles. The number of carbonyl (C=O) groups excluding carboxylic acids is 2. The van der Waals surface area contributed by atoms with Crippen molar-refractivity contribution in [2.75, 3.05) is 29.9 Å². The Kier molecular flexibility index (Phi) is 4.46. The SMILES string of the molecule is Cc1ccc(NC(=O)CN2CCN(c3ccccc3)C2=O)cc1F. The quantitative estimate of drug-likeness (QED) is 0.938. The number of nitrogens with zero attached hydrogens (tertiary/aromatic N) is 2. The molecule has 0 atom stereocenters. The minimum Gasteiger partial charge on any atom is -0.324 e. The summed E-state index contributed by atoms with van der Waals surface area (Å²) < 4.78 is 13.5. The topological polar surface area (TPSA) is 52.7 Å². The van der Waals surface area contributed by atoms with Gasteiger partial charge in [0.05, 0.1) is 0 Å². The van der Waals surface area contributed by atoms with Crippen LogP contribution in [-0.4, -0.2) is 36.5 Å². The lowest BCUT2D eigenvalue weighted by atomic mass is 10.2. The average Bonchev–Trinajstić information content (AvgIpc) is 2.92. The minimum atomic E-state index is -0.375. The van der Waals surface area contributed by atoms with Gasteiger partial charge in [0.25, 0.3) is 0 Å². The Labute approximate surface area is 139 Å². The normalized spacial score (nSPS) is 14.2. The molecule has 124 valence electrons. The zero-order valence-corrected chi connectivity index (χ0v) is 13.3. The predicted molar refractivity (Wildman–Crippen MR) is 90.5 cm³/mol. The highest BCUT2D eigenvalue weighted by atomic mass is 19.1. The molecule has 0 unspecified atom stereocenters. The first-order chi connectivity index (χ1) is 11.5. The number of amides is 3. The highest BCUT2D eigenvalue weighted by molar-refractivity contribution is 5.99. The van der Waals surface area contributed by atoms with E-state index in [1.165, 1.54) is 11.0 Å². The van der Waals surface area contributed by atoms with Gasteiger partial charge < -0.3 is 10.2 Å². The molecule has 0 bridgehead atoms. The van der Waals surface area contributed by atoms with Gasteiger partial charge in [-0.2, -0.15) is 0 Å². The van der Waals surface area contributed by atoms with Crippen molar-refractivity contribution < 1.29 is 14.0 Å². The molecule has 2 aromatic rings. The molecule has 1 N–H and O–H groups in total. The molecule has 24 heavy (non-hydrogen) atoms. The van der Waals surface area contributed by atoms with Gasteiger partial charge in [0.2, 0.25) is 5.91 Å². The molecule has 5 nitrogen and oxygen atoms in total. The lowest BCUT2D eigenvalue weighted by Gasteiger charge is -2.18. The monoisotopic (exact) mass is 327 g/mol. The number of aryl methyl sites for hydroxylation is 1. The van der Waals surface area contributed by atoms with Crippen LogP contribution >= 0.6 is 0 Å². The lowest BCUT2D eigenvalue weighted by molar-refractivity contribution is -0.116. The number of rotatable bonds is 4. The number of nitrogens with one attached hydrogen (secondary N) is 1. The summed E-state index contributed by atoms with van der Waals surface area (Å²) in [7, 11) is 0. The molecule has 0 aromatic heterocycles. The number of halogens is 1. The third-order valence-electron chi connectivity index (χ3n) is 3.95. The van der Waals surface area contributed by atoms with Crippen LogP contribution in [-0.2, 0) is 4.79 Å². The van der Waals surface area contributed by atoms with E-state index >= 15 is 0 Å². The van der Waals surface area contributed by atoms with Crippen LogP contribution in [0.3, 0.4) is 0 Å². The summed E-state index contributed by atoms with van der Waals surface area (Å²) >= 11 is 0. The van der Waals surface area contributed by atoms with Gasteiger partial charge in [-0.05, 0) is 36.8 Å². The first-order valence-corrected chi connectivity index (χ1v) is 7.72. The zero-order valence-electron chi connectivity index (χ0n) is 13.3. The molecule has 3 amide bonds. The molecule has 0 spiro atoms. The molecular formula is C18H18FN3O2. The highest BCUT2D eigenvalue weighted by Gasteiger charge is 2.30. The van der Waals surface area contributed by atoms with Crippen LogP contribution in [0, 0.1) is 12.7 Å². The van der Waals surface area contributed by atoms with Gasteiger partial charge in [-0.3, -0.25) is 9.69 Å². The second kappa shape index (κ2) is 6.70. The molecule has 0 saturated carbocycles. The van der Waals surface area contributed by atoms with Gasteiger partial charge in [-0.25, -0.2) is 9.18 Å². The first-order valence-electron chi connectivity index (χ1n) is 7.72. The maximum absolute atomic E-state index is 13.5. The summed E-state index contributed by atoms with van der Waals surface area (Å²) in [6, 6.07) is 13.6. The second-order valence-electron chi connectivity index (χ2n) is 5.70. The summed E-state index contributed by atoms with van der Waals surface area (Å²) in [5, 5.41) is 2.62. The number of carbonyl (C=O) groups is 2. The van der Waals surface area contributed by atoms with Crippen LogP contribution in [0.2, 0.25) is 0 Å². The zero-order chi connectivity index (χ0) is 17.1. The first kappa shape index (κ1) is 16.0. The Hall–Kier alpha value is -2.89. The van der Waals surface area contributed by atoms with Crippen molar-refractivity contribution in [2.45, 2.75) is 6.92 Å². The van der Waals surface area contributed by atoms with Gasteiger partial charge in [0, 0.05) is 24.5 Å². The van der Waals surface area contributed by atoms with Gasteiger partial charge in [0.15, 0.2) is 0 Å². The van der Waals surface area contributed by atoms with E-state index in [2.05, 4.69) is 5.32 Å². The fraction of sp³-hybridized carbons (Fsp3) is 0.222. The fourth-order valence-electron chi connectivity index (χ4n) is 2.62. The van der Waals surface area contributed by atoms with Crippen molar-refractivity contribution in [2.24, 2.45) is 0 Å². The number of anilines is 2. The number of urea groups is 1. The van der Waals surface area contributed by atoms with E-state index in [1.807, 2.05) is 30.3 Å². The molecule has 3 rings (SSSR count). The maximum atomic E-state index is 13.5.